The largest absolute Gasteiger partial charge is 0.385 e. The van der Waals surface area contributed by atoms with Gasteiger partial charge in [0.15, 0.2) is 0 Å². The molecule has 0 radical (unpaired) electrons. The van der Waals surface area contributed by atoms with Gasteiger partial charge in [0.2, 0.25) is 5.91 Å². The summed E-state index contributed by atoms with van der Waals surface area (Å²) in [6.07, 6.45) is 1.25. The van der Waals surface area contributed by atoms with Crippen molar-refractivity contribution in [3.05, 3.63) is 29.6 Å². The van der Waals surface area contributed by atoms with Gasteiger partial charge in [-0.3, -0.25) is 4.79 Å². The molecule has 0 aliphatic heterocycles. The first-order chi connectivity index (χ1) is 8.02. The monoisotopic (exact) mass is 238 g/mol. The summed E-state index contributed by atoms with van der Waals surface area (Å²) in [5.74, 6) is -0.0952. The molecule has 0 unspecified atom stereocenters. The number of nitrogens with zero attached hydrogens (tertiary/aromatic N) is 1. The topological polar surface area (TPSA) is 32.3 Å². The molecular weight excluding hydrogens is 219 g/mol. The standard InChI is InChI=1S/C13H19FN2O/c1-10-11(14)6-4-7-12(10)15-9-5-8-13(17)16(2)3/h4,6-7,15H,5,8-9H2,1-3H3. The first-order valence-electron chi connectivity index (χ1n) is 5.71. The number of benzene rings is 1. The third-order valence-electron chi connectivity index (χ3n) is 2.65. The van der Waals surface area contributed by atoms with Crippen LogP contribution in [0.25, 0.3) is 0 Å². The smallest absolute Gasteiger partial charge is 0.222 e. The maximum Gasteiger partial charge on any atom is 0.222 e. The quantitative estimate of drug-likeness (QED) is 0.799. The lowest BCUT2D eigenvalue weighted by atomic mass is 10.2. The van der Waals surface area contributed by atoms with E-state index in [-0.39, 0.29) is 11.7 Å². The second-order valence-electron chi connectivity index (χ2n) is 4.23. The summed E-state index contributed by atoms with van der Waals surface area (Å²) in [6, 6.07) is 4.96. The van der Waals surface area contributed by atoms with E-state index in [0.717, 1.165) is 12.1 Å². The van der Waals surface area contributed by atoms with Gasteiger partial charge >= 0.3 is 0 Å². The molecule has 0 bridgehead atoms. The average molecular weight is 238 g/mol. The first kappa shape index (κ1) is 13.5. The minimum atomic E-state index is -0.209. The predicted octanol–water partition coefficient (Wildman–Crippen LogP) is 2.41. The Morgan fingerprint density at radius 1 is 1.41 bits per heavy atom. The Hall–Kier alpha value is -1.58. The van der Waals surface area contributed by atoms with Gasteiger partial charge in [0.1, 0.15) is 5.82 Å². The van der Waals surface area contributed by atoms with Gasteiger partial charge in [0.05, 0.1) is 0 Å². The van der Waals surface area contributed by atoms with Gasteiger partial charge in [-0.2, -0.15) is 0 Å². The molecule has 4 heteroatoms. The zero-order valence-electron chi connectivity index (χ0n) is 10.6. The molecule has 1 aromatic carbocycles. The van der Waals surface area contributed by atoms with E-state index in [0.29, 0.717) is 18.5 Å². The van der Waals surface area contributed by atoms with Crippen molar-refractivity contribution < 1.29 is 9.18 Å². The second kappa shape index (κ2) is 6.23. The maximum atomic E-state index is 13.2. The van der Waals surface area contributed by atoms with Gasteiger partial charge in [-0.25, -0.2) is 4.39 Å². The lowest BCUT2D eigenvalue weighted by Gasteiger charge is -2.12. The molecule has 1 amide bonds. The molecule has 0 fully saturated rings. The summed E-state index contributed by atoms with van der Waals surface area (Å²) in [6.45, 7) is 2.41. The first-order valence-corrected chi connectivity index (χ1v) is 5.71. The fraction of sp³-hybridized carbons (Fsp3) is 0.462. The third-order valence-corrected chi connectivity index (χ3v) is 2.65. The number of rotatable bonds is 5. The summed E-state index contributed by atoms with van der Waals surface area (Å²) in [7, 11) is 3.49. The molecule has 94 valence electrons. The lowest BCUT2D eigenvalue weighted by Crippen LogP contribution is -2.22. The Bertz CT molecular complexity index is 391. The highest BCUT2D eigenvalue weighted by Gasteiger charge is 2.04. The number of amides is 1. The molecule has 0 atom stereocenters. The Morgan fingerprint density at radius 2 is 2.12 bits per heavy atom. The van der Waals surface area contributed by atoms with Gasteiger partial charge < -0.3 is 10.2 Å². The number of anilines is 1. The molecular formula is C13H19FN2O. The Balaban J connectivity index is 2.36. The zero-order chi connectivity index (χ0) is 12.8. The summed E-state index contributed by atoms with van der Waals surface area (Å²) in [4.78, 5) is 12.9. The van der Waals surface area contributed by atoms with Crippen molar-refractivity contribution in [2.45, 2.75) is 19.8 Å². The summed E-state index contributed by atoms with van der Waals surface area (Å²) in [5.41, 5.74) is 1.41. The third kappa shape index (κ3) is 4.06. The second-order valence-corrected chi connectivity index (χ2v) is 4.23. The van der Waals surface area contributed by atoms with E-state index in [1.54, 1.807) is 32.0 Å². The van der Waals surface area contributed by atoms with Crippen molar-refractivity contribution in [1.29, 1.82) is 0 Å². The van der Waals surface area contributed by atoms with Crippen molar-refractivity contribution in [2.75, 3.05) is 26.0 Å². The van der Waals surface area contributed by atoms with Crippen LogP contribution in [0.3, 0.4) is 0 Å². The highest BCUT2D eigenvalue weighted by molar-refractivity contribution is 5.75. The molecule has 0 spiro atoms. The molecule has 0 aliphatic rings. The molecule has 0 saturated carbocycles. The number of hydrogen-bond donors (Lipinski definition) is 1. The fourth-order valence-electron chi connectivity index (χ4n) is 1.49. The van der Waals surface area contributed by atoms with Crippen molar-refractivity contribution in [2.24, 2.45) is 0 Å². The van der Waals surface area contributed by atoms with Crippen molar-refractivity contribution in [3.8, 4) is 0 Å². The van der Waals surface area contributed by atoms with E-state index in [9.17, 15) is 9.18 Å². The summed E-state index contributed by atoms with van der Waals surface area (Å²) in [5, 5.41) is 3.14. The van der Waals surface area contributed by atoms with Crippen molar-refractivity contribution in [1.82, 2.24) is 4.90 Å². The van der Waals surface area contributed by atoms with Crippen LogP contribution < -0.4 is 5.32 Å². The Labute approximate surface area is 102 Å². The van der Waals surface area contributed by atoms with Gasteiger partial charge in [0, 0.05) is 38.3 Å². The van der Waals surface area contributed by atoms with Gasteiger partial charge in [0.25, 0.3) is 0 Å². The molecule has 1 N–H and O–H groups in total. The Kier molecular flexibility index (Phi) is 4.94. The number of hydrogen-bond acceptors (Lipinski definition) is 2. The zero-order valence-corrected chi connectivity index (χ0v) is 10.6. The van der Waals surface area contributed by atoms with Crippen LogP contribution in [0.1, 0.15) is 18.4 Å². The van der Waals surface area contributed by atoms with Crippen LogP contribution in [0.4, 0.5) is 10.1 Å². The molecule has 0 saturated heterocycles. The Morgan fingerprint density at radius 3 is 2.76 bits per heavy atom. The van der Waals surface area contributed by atoms with Crippen LogP contribution in [-0.2, 0) is 4.79 Å². The number of nitrogens with one attached hydrogen (secondary N) is 1. The molecule has 0 aliphatic carbocycles. The maximum absolute atomic E-state index is 13.2. The molecule has 17 heavy (non-hydrogen) atoms. The fourth-order valence-corrected chi connectivity index (χ4v) is 1.49. The molecule has 3 nitrogen and oxygen atoms in total. The van der Waals surface area contributed by atoms with Gasteiger partial charge in [-0.1, -0.05) is 6.07 Å². The highest BCUT2D eigenvalue weighted by Crippen LogP contribution is 2.17. The highest BCUT2D eigenvalue weighted by atomic mass is 19.1. The summed E-state index contributed by atoms with van der Waals surface area (Å²) >= 11 is 0. The molecule has 0 heterocycles. The van der Waals surface area contributed by atoms with Crippen LogP contribution in [0.15, 0.2) is 18.2 Å². The summed E-state index contributed by atoms with van der Waals surface area (Å²) < 4.78 is 13.2. The van der Waals surface area contributed by atoms with E-state index in [4.69, 9.17) is 0 Å². The van der Waals surface area contributed by atoms with Crippen LogP contribution in [0.5, 0.6) is 0 Å². The van der Waals surface area contributed by atoms with Gasteiger partial charge in [-0.15, -0.1) is 0 Å². The van der Waals surface area contributed by atoms with Crippen LogP contribution in [-0.4, -0.2) is 31.4 Å². The SMILES string of the molecule is Cc1c(F)cccc1NCCCC(=O)N(C)C. The number of halogens is 1. The van der Waals surface area contributed by atoms with Gasteiger partial charge in [-0.05, 0) is 25.5 Å². The van der Waals surface area contributed by atoms with E-state index in [1.807, 2.05) is 6.07 Å². The van der Waals surface area contributed by atoms with Crippen LogP contribution in [0.2, 0.25) is 0 Å². The lowest BCUT2D eigenvalue weighted by molar-refractivity contribution is -0.128. The molecule has 0 aromatic heterocycles. The number of carbonyl (C=O) groups excluding carboxylic acids is 1. The minimum absolute atomic E-state index is 0.114. The molecule has 1 rings (SSSR count). The van der Waals surface area contributed by atoms with E-state index < -0.39 is 0 Å². The molecule has 1 aromatic rings. The number of carbonyl (C=O) groups is 1. The van der Waals surface area contributed by atoms with E-state index >= 15 is 0 Å². The normalized spacial score (nSPS) is 10.1. The van der Waals surface area contributed by atoms with Crippen molar-refractivity contribution in [3.63, 3.8) is 0 Å². The van der Waals surface area contributed by atoms with E-state index in [1.165, 1.54) is 6.07 Å². The van der Waals surface area contributed by atoms with E-state index in [2.05, 4.69) is 5.32 Å². The minimum Gasteiger partial charge on any atom is -0.385 e. The average Bonchev–Trinajstić information content (AvgIpc) is 2.29. The van der Waals surface area contributed by atoms with Crippen molar-refractivity contribution >= 4 is 11.6 Å². The van der Waals surface area contributed by atoms with Crippen LogP contribution >= 0.6 is 0 Å². The van der Waals surface area contributed by atoms with Crippen LogP contribution in [0, 0.1) is 12.7 Å². The predicted molar refractivity (Wildman–Crippen MR) is 67.6 cm³/mol.